The molecule has 8 rings (SSSR count). The topological polar surface area (TPSA) is 21.1 Å². The Morgan fingerprint density at radius 1 is 0.600 bits per heavy atom. The number of pyridine rings is 1. The van der Waals surface area contributed by atoms with Gasteiger partial charge in [-0.3, -0.25) is 4.90 Å². The van der Waals surface area contributed by atoms with Gasteiger partial charge in [0.05, 0.1) is 16.7 Å². The molecule has 3 heteroatoms. The molecule has 2 aromatic heterocycles. The molecule has 0 saturated heterocycles. The van der Waals surface area contributed by atoms with Crippen LogP contribution in [-0.4, -0.2) is 9.55 Å². The maximum absolute atomic E-state index is 4.84. The van der Waals surface area contributed by atoms with E-state index in [1.54, 1.807) is 0 Å². The molecule has 3 nitrogen and oxygen atoms in total. The molecule has 0 fully saturated rings. The monoisotopic (exact) mass is 519 g/mol. The van der Waals surface area contributed by atoms with Gasteiger partial charge >= 0.3 is 0 Å². The van der Waals surface area contributed by atoms with Crippen molar-refractivity contribution >= 4 is 39.0 Å². The number of nitrogens with zero attached hydrogens (tertiary/aromatic N) is 3. The Kier molecular flexibility index (Phi) is 4.49. The van der Waals surface area contributed by atoms with Crippen LogP contribution in [0.5, 0.6) is 0 Å². The summed E-state index contributed by atoms with van der Waals surface area (Å²) in [7, 11) is 0. The second kappa shape index (κ2) is 7.63. The molecular weight excluding hydrogens is 486 g/mol. The van der Waals surface area contributed by atoms with Crippen LogP contribution in [0, 0.1) is 13.8 Å². The lowest BCUT2D eigenvalue weighted by molar-refractivity contribution is 0.593. The summed E-state index contributed by atoms with van der Waals surface area (Å²) in [6.07, 6.45) is 1.89. The third-order valence-electron chi connectivity index (χ3n) is 9.42. The minimum Gasteiger partial charge on any atom is -0.308 e. The summed E-state index contributed by atoms with van der Waals surface area (Å²) in [5, 5.41) is 2.63. The van der Waals surface area contributed by atoms with Crippen LogP contribution in [0.25, 0.3) is 27.5 Å². The zero-order valence-corrected chi connectivity index (χ0v) is 24.0. The molecule has 0 spiro atoms. The van der Waals surface area contributed by atoms with E-state index >= 15 is 0 Å². The van der Waals surface area contributed by atoms with E-state index < -0.39 is 0 Å². The van der Waals surface area contributed by atoms with Crippen molar-refractivity contribution in [2.75, 3.05) is 4.90 Å². The van der Waals surface area contributed by atoms with Gasteiger partial charge < -0.3 is 4.57 Å². The van der Waals surface area contributed by atoms with E-state index in [0.29, 0.717) is 0 Å². The molecular formula is C37H33N3. The molecule has 0 saturated carbocycles. The Hall–Kier alpha value is -4.37. The van der Waals surface area contributed by atoms with E-state index in [1.807, 2.05) is 12.3 Å². The summed E-state index contributed by atoms with van der Waals surface area (Å²) in [4.78, 5) is 7.17. The smallest absolute Gasteiger partial charge is 0.137 e. The fourth-order valence-corrected chi connectivity index (χ4v) is 7.58. The maximum atomic E-state index is 4.84. The SMILES string of the molecule is Cc1cc(C)cc(N(c2cc3c4c(c2)c2cccc5c2n4-c2c(cccc2C3(C)C)C5(C)C)c2ccccn2)c1. The molecule has 196 valence electrons. The van der Waals surface area contributed by atoms with Gasteiger partial charge in [-0.1, -0.05) is 76.2 Å². The molecule has 0 N–H and O–H groups in total. The highest BCUT2D eigenvalue weighted by Gasteiger charge is 2.43. The number of hydrogen-bond acceptors (Lipinski definition) is 2. The van der Waals surface area contributed by atoms with Crippen molar-refractivity contribution < 1.29 is 0 Å². The van der Waals surface area contributed by atoms with Gasteiger partial charge in [0.1, 0.15) is 5.82 Å². The van der Waals surface area contributed by atoms with Crippen LogP contribution < -0.4 is 4.90 Å². The first-order chi connectivity index (χ1) is 19.2. The first kappa shape index (κ1) is 23.5. The molecule has 6 aromatic rings. The first-order valence-corrected chi connectivity index (χ1v) is 14.2. The summed E-state index contributed by atoms with van der Waals surface area (Å²) in [5.74, 6) is 0.922. The predicted molar refractivity (Wildman–Crippen MR) is 167 cm³/mol. The molecule has 0 atom stereocenters. The molecule has 2 aliphatic heterocycles. The fourth-order valence-electron chi connectivity index (χ4n) is 7.58. The van der Waals surface area contributed by atoms with Crippen molar-refractivity contribution in [1.29, 1.82) is 0 Å². The average Bonchev–Trinajstić information content (AvgIpc) is 3.26. The third-order valence-corrected chi connectivity index (χ3v) is 9.42. The van der Waals surface area contributed by atoms with Gasteiger partial charge in [0.15, 0.2) is 0 Å². The van der Waals surface area contributed by atoms with Crippen molar-refractivity contribution in [3.8, 4) is 5.69 Å². The Morgan fingerprint density at radius 2 is 1.23 bits per heavy atom. The Balaban J connectivity index is 1.54. The first-order valence-electron chi connectivity index (χ1n) is 14.2. The van der Waals surface area contributed by atoms with E-state index in [9.17, 15) is 0 Å². The maximum Gasteiger partial charge on any atom is 0.137 e. The van der Waals surface area contributed by atoms with Crippen molar-refractivity contribution in [1.82, 2.24) is 9.55 Å². The van der Waals surface area contributed by atoms with Crippen molar-refractivity contribution in [2.45, 2.75) is 52.4 Å². The number of rotatable bonds is 3. The summed E-state index contributed by atoms with van der Waals surface area (Å²) in [6.45, 7) is 13.9. The van der Waals surface area contributed by atoms with E-state index in [-0.39, 0.29) is 10.8 Å². The highest BCUT2D eigenvalue weighted by Crippen LogP contribution is 2.56. The second-order valence-corrected chi connectivity index (χ2v) is 12.7. The lowest BCUT2D eigenvalue weighted by Crippen LogP contribution is -2.33. The number of para-hydroxylation sites is 2. The number of hydrogen-bond donors (Lipinski definition) is 0. The zero-order valence-electron chi connectivity index (χ0n) is 24.0. The number of aryl methyl sites for hydroxylation is 2. The number of aromatic nitrogens is 2. The van der Waals surface area contributed by atoms with Crippen LogP contribution in [0.15, 0.2) is 91.1 Å². The highest BCUT2D eigenvalue weighted by atomic mass is 15.2. The van der Waals surface area contributed by atoms with Gasteiger partial charge in [-0.15, -0.1) is 0 Å². The van der Waals surface area contributed by atoms with E-state index in [1.165, 1.54) is 60.9 Å². The molecule has 0 aliphatic carbocycles. The summed E-state index contributed by atoms with van der Waals surface area (Å²) >= 11 is 0. The van der Waals surface area contributed by atoms with Crippen molar-refractivity contribution in [3.63, 3.8) is 0 Å². The molecule has 4 heterocycles. The molecule has 2 aliphatic rings. The number of anilines is 3. The van der Waals surface area contributed by atoms with E-state index in [2.05, 4.69) is 130 Å². The number of benzene rings is 4. The van der Waals surface area contributed by atoms with E-state index in [4.69, 9.17) is 4.98 Å². The molecule has 0 bridgehead atoms. The highest BCUT2D eigenvalue weighted by molar-refractivity contribution is 6.15. The van der Waals surface area contributed by atoms with Crippen LogP contribution in [0.4, 0.5) is 17.2 Å². The molecule has 4 aromatic carbocycles. The number of fused-ring (bicyclic) bond motifs is 1. The zero-order chi connectivity index (χ0) is 27.6. The molecule has 0 unspecified atom stereocenters. The molecule has 40 heavy (non-hydrogen) atoms. The van der Waals surface area contributed by atoms with Gasteiger partial charge in [-0.2, -0.15) is 0 Å². The van der Waals surface area contributed by atoms with Gasteiger partial charge in [0.2, 0.25) is 0 Å². The lowest BCUT2D eigenvalue weighted by Gasteiger charge is -2.42. The van der Waals surface area contributed by atoms with Gasteiger partial charge in [-0.05, 0) is 83.6 Å². The van der Waals surface area contributed by atoms with Crippen LogP contribution in [-0.2, 0) is 10.8 Å². The fraction of sp³-hybridized carbons (Fsp3) is 0.216. The standard InChI is InChI=1S/C37H33N3/c1-22-17-23(2)19-24(18-22)39(32-15-7-8-16-38-32)25-20-27-26-11-9-12-28-33(26)40-34(27)31(21-25)37(5,6)30-14-10-13-29(35(30)40)36(28,3)4/h7-21H,1-6H3. The van der Waals surface area contributed by atoms with Gasteiger partial charge in [0, 0.05) is 39.2 Å². The molecule has 0 amide bonds. The predicted octanol–water partition coefficient (Wildman–Crippen LogP) is 9.54. The lowest BCUT2D eigenvalue weighted by atomic mass is 9.68. The minimum atomic E-state index is -0.171. The minimum absolute atomic E-state index is 0.0786. The average molecular weight is 520 g/mol. The van der Waals surface area contributed by atoms with Crippen LogP contribution >= 0.6 is 0 Å². The van der Waals surface area contributed by atoms with Crippen LogP contribution in [0.2, 0.25) is 0 Å². The summed E-state index contributed by atoms with van der Waals surface area (Å²) in [5.41, 5.74) is 14.2. The normalized spacial score (nSPS) is 15.7. The Morgan fingerprint density at radius 3 is 1.93 bits per heavy atom. The van der Waals surface area contributed by atoms with Crippen LogP contribution in [0.1, 0.15) is 61.1 Å². The summed E-state index contributed by atoms with van der Waals surface area (Å²) in [6, 6.07) is 31.6. The Labute approximate surface area is 235 Å². The Bertz CT molecular complexity index is 2000. The van der Waals surface area contributed by atoms with E-state index in [0.717, 1.165) is 17.2 Å². The third kappa shape index (κ3) is 2.87. The second-order valence-electron chi connectivity index (χ2n) is 12.7. The van der Waals surface area contributed by atoms with Crippen molar-refractivity contribution in [3.05, 3.63) is 125 Å². The largest absolute Gasteiger partial charge is 0.308 e. The van der Waals surface area contributed by atoms with Crippen LogP contribution in [0.3, 0.4) is 0 Å². The summed E-state index contributed by atoms with van der Waals surface area (Å²) < 4.78 is 2.59. The van der Waals surface area contributed by atoms with Crippen molar-refractivity contribution in [2.24, 2.45) is 0 Å². The molecule has 0 radical (unpaired) electrons. The quantitative estimate of drug-likeness (QED) is 0.232. The van der Waals surface area contributed by atoms with Gasteiger partial charge in [0.25, 0.3) is 0 Å². The van der Waals surface area contributed by atoms with Gasteiger partial charge in [-0.25, -0.2) is 4.98 Å².